The van der Waals surface area contributed by atoms with Crippen molar-refractivity contribution >= 4 is 43.3 Å². The van der Waals surface area contributed by atoms with Crippen molar-refractivity contribution in [1.82, 2.24) is 0 Å². The van der Waals surface area contributed by atoms with Crippen LogP contribution in [-0.4, -0.2) is 34.7 Å². The van der Waals surface area contributed by atoms with Crippen molar-refractivity contribution in [2.75, 3.05) is 22.9 Å². The van der Waals surface area contributed by atoms with Crippen molar-refractivity contribution in [3.63, 3.8) is 0 Å². The van der Waals surface area contributed by atoms with Crippen LogP contribution in [0.3, 0.4) is 0 Å². The van der Waals surface area contributed by atoms with E-state index in [-0.39, 0.29) is 19.6 Å². The summed E-state index contributed by atoms with van der Waals surface area (Å²) in [6.07, 6.45) is 23.8. The fourth-order valence-electron chi connectivity index (χ4n) is 8.73. The maximum atomic E-state index is 14.0. The van der Waals surface area contributed by atoms with E-state index in [4.69, 9.17) is 19.4 Å². The zero-order chi connectivity index (χ0) is 35.3. The molecule has 8 heteroatoms. The Morgan fingerprint density at radius 2 is 1.00 bits per heavy atom. The van der Waals surface area contributed by atoms with Crippen LogP contribution in [-0.2, 0) is 13.5 Å². The van der Waals surface area contributed by atoms with Gasteiger partial charge in [0.15, 0.2) is 0 Å². The van der Waals surface area contributed by atoms with Crippen LogP contribution in [0.1, 0.15) is 113 Å². The summed E-state index contributed by atoms with van der Waals surface area (Å²) in [6.45, 7) is 6.81. The average molecular weight is 831 g/mol. The van der Waals surface area contributed by atoms with Gasteiger partial charge < -0.3 is 9.80 Å². The van der Waals surface area contributed by atoms with Gasteiger partial charge in [0, 0.05) is 32.4 Å². The second-order valence-corrected chi connectivity index (χ2v) is 23.7. The molecule has 0 N–H and O–H groups in total. The van der Waals surface area contributed by atoms with E-state index in [1.807, 2.05) is 70.7 Å². The molecule has 0 unspecified atom stereocenters. The molecule has 1 saturated heterocycles. The Bertz CT molecular complexity index is 1350. The van der Waals surface area contributed by atoms with Crippen LogP contribution in [0.2, 0.25) is 0 Å². The summed E-state index contributed by atoms with van der Waals surface area (Å²) in [6, 6.07) is 19.9. The Morgan fingerprint density at radius 1 is 0.600 bits per heavy atom. The van der Waals surface area contributed by atoms with E-state index in [9.17, 15) is 8.78 Å². The second-order valence-electron chi connectivity index (χ2n) is 14.5. The molecule has 0 spiro atoms. The van der Waals surface area contributed by atoms with Gasteiger partial charge in [-0.15, -0.1) is 0 Å². The fraction of sp³-hybridized carbons (Fsp3) is 0.524. The molecular weight excluding hydrogens is 773 g/mol. The first-order valence-electron chi connectivity index (χ1n) is 18.9. The quantitative estimate of drug-likeness (QED) is 0.139. The Labute approximate surface area is 315 Å². The molecule has 2 nitrogen and oxygen atoms in total. The molecule has 0 aromatic heterocycles. The molecule has 276 valence electrons. The number of rotatable bonds is 6. The molecule has 3 aliphatic carbocycles. The molecule has 0 amide bonds. The molecule has 7 rings (SSSR count). The van der Waals surface area contributed by atoms with Gasteiger partial charge >= 0.3 is 73.4 Å². The Kier molecular flexibility index (Phi) is 16.5. The van der Waals surface area contributed by atoms with Gasteiger partial charge in [-0.05, 0) is 114 Å². The number of halogens is 4. The third-order valence-corrected chi connectivity index (χ3v) is 17.5. The van der Waals surface area contributed by atoms with Gasteiger partial charge in [-0.2, -0.15) is 6.67 Å². The van der Waals surface area contributed by atoms with Crippen molar-refractivity contribution in [2.24, 2.45) is 0 Å². The SMILES string of the molecule is C1CCC([PH+](C2CCCCC2)C2CCCCC2)CC1.Cc1cccc(F)c1N1[CH-]N(c2c(C)cccc2F)CC1.[Cl][Ru]([Cl])=[CH]c1ccccc1. The molecule has 3 aromatic rings. The van der Waals surface area contributed by atoms with E-state index in [0.717, 1.165) is 16.7 Å². The third kappa shape index (κ3) is 11.6. The molecule has 0 radical (unpaired) electrons. The van der Waals surface area contributed by atoms with Crippen molar-refractivity contribution < 1.29 is 22.3 Å². The van der Waals surface area contributed by atoms with Crippen LogP contribution in [0, 0.1) is 32.2 Å². The van der Waals surface area contributed by atoms with Gasteiger partial charge in [0.25, 0.3) is 0 Å². The van der Waals surface area contributed by atoms with Crippen LogP contribution in [0.5, 0.6) is 0 Å². The van der Waals surface area contributed by atoms with Crippen LogP contribution >= 0.6 is 27.3 Å². The van der Waals surface area contributed by atoms with Gasteiger partial charge in [0.05, 0.1) is 17.0 Å². The van der Waals surface area contributed by atoms with Crippen molar-refractivity contribution in [2.45, 2.75) is 127 Å². The monoisotopic (exact) mass is 830 g/mol. The summed E-state index contributed by atoms with van der Waals surface area (Å²) >= 11 is -1.61. The van der Waals surface area contributed by atoms with Crippen LogP contribution in [0.4, 0.5) is 20.2 Å². The Morgan fingerprint density at radius 3 is 1.36 bits per heavy atom. The summed E-state index contributed by atoms with van der Waals surface area (Å²) in [5.41, 5.74) is 7.67. The topological polar surface area (TPSA) is 6.48 Å². The Hall–Kier alpha value is -1.38. The predicted molar refractivity (Wildman–Crippen MR) is 214 cm³/mol. The summed E-state index contributed by atoms with van der Waals surface area (Å²) in [5.74, 6) is -0.503. The van der Waals surface area contributed by atoms with Crippen molar-refractivity contribution in [3.8, 4) is 0 Å². The van der Waals surface area contributed by atoms with Crippen LogP contribution in [0.25, 0.3) is 0 Å². The van der Waals surface area contributed by atoms with Crippen LogP contribution < -0.4 is 9.80 Å². The molecule has 4 fully saturated rings. The van der Waals surface area contributed by atoms with Gasteiger partial charge in [-0.25, -0.2) is 8.78 Å². The van der Waals surface area contributed by atoms with E-state index in [1.165, 1.54) is 29.1 Å². The Balaban J connectivity index is 0.000000155. The zero-order valence-corrected chi connectivity index (χ0v) is 34.3. The number of anilines is 2. The van der Waals surface area contributed by atoms with E-state index in [1.54, 1.807) is 115 Å². The first-order chi connectivity index (χ1) is 24.3. The number of nitrogens with zero attached hydrogens (tertiary/aromatic N) is 2. The fourth-order valence-corrected chi connectivity index (χ4v) is 15.8. The first-order valence-corrected chi connectivity index (χ1v) is 26.2. The van der Waals surface area contributed by atoms with Gasteiger partial charge in [0.2, 0.25) is 0 Å². The molecule has 0 bridgehead atoms. The molecule has 0 atom stereocenters. The van der Waals surface area contributed by atoms with Crippen molar-refractivity contribution in [1.29, 1.82) is 0 Å². The average Bonchev–Trinajstić information content (AvgIpc) is 3.59. The number of para-hydroxylation sites is 2. The number of aryl methyl sites for hydroxylation is 2. The standard InChI is InChI=1S/C18H33P.C17H17F2N2.C7H6.2ClH.Ru/c1-4-10-16(11-5-1)19(17-12-6-2-7-13-17)18-14-8-3-9-15-18;1-12-5-3-7-14(18)16(12)20-9-10-21(11-20)17-13(2)6-4-8-15(17)19;1-7-5-3-2-4-6-7;;;/h16-18H,1-15H2;3-8,11H,9-10H2,1-2H3;1-6H;2*1H;/q;-1;;;;+2/p-1. The summed E-state index contributed by atoms with van der Waals surface area (Å²) in [5, 5.41) is 0. The zero-order valence-electron chi connectivity index (χ0n) is 30.0. The van der Waals surface area contributed by atoms with Crippen molar-refractivity contribution in [3.05, 3.63) is 102 Å². The number of benzene rings is 3. The molecule has 4 aliphatic rings. The van der Waals surface area contributed by atoms with Gasteiger partial charge in [-0.1, -0.05) is 43.5 Å². The maximum absolute atomic E-state index is 14.0. The van der Waals surface area contributed by atoms with E-state index < -0.39 is 13.5 Å². The van der Waals surface area contributed by atoms with Crippen LogP contribution in [0.15, 0.2) is 66.7 Å². The minimum absolute atomic E-state index is 0.0465. The molecule has 3 aromatic carbocycles. The molecule has 1 heterocycles. The molecule has 3 saturated carbocycles. The van der Waals surface area contributed by atoms with Gasteiger partial charge in [0.1, 0.15) is 11.6 Å². The third-order valence-electron chi connectivity index (χ3n) is 11.0. The summed E-state index contributed by atoms with van der Waals surface area (Å²) < 4.78 is 30.0. The van der Waals surface area contributed by atoms with Gasteiger partial charge in [-0.3, -0.25) is 0 Å². The summed E-state index contributed by atoms with van der Waals surface area (Å²) in [4.78, 5) is 3.69. The second kappa shape index (κ2) is 20.8. The molecule has 1 aliphatic heterocycles. The normalized spacial score (nSPS) is 19.4. The minimum atomic E-state index is -1.61. The number of hydrogen-bond donors (Lipinski definition) is 0. The van der Waals surface area contributed by atoms with E-state index >= 15 is 0 Å². The molecule has 50 heavy (non-hydrogen) atoms. The molecular formula is C42H57Cl2F2N2PRu. The first kappa shape index (κ1) is 39.8. The predicted octanol–water partition coefficient (Wildman–Crippen LogP) is 13.0. The number of hydrogen-bond acceptors (Lipinski definition) is 2. The summed E-state index contributed by atoms with van der Waals surface area (Å²) in [7, 11) is 11.3. The van der Waals surface area contributed by atoms with E-state index in [2.05, 4.69) is 0 Å². The van der Waals surface area contributed by atoms with E-state index in [0.29, 0.717) is 24.5 Å².